The molecular formula is C21H25Cl2N3O. The van der Waals surface area contributed by atoms with Gasteiger partial charge in [-0.1, -0.05) is 35.7 Å². The van der Waals surface area contributed by atoms with Crippen LogP contribution in [0.4, 0.5) is 5.69 Å². The Kier molecular flexibility index (Phi) is 5.21. The first-order valence-corrected chi connectivity index (χ1v) is 10.4. The molecule has 3 atom stereocenters. The standard InChI is InChI=1S/C21H25Cl2N3O/c1-12-21(24-20(27)10-16-9-14-6-7-15(16)8-14)13(2)26(25-12)11-17-18(22)4-3-5-19(17)23/h3-5,14-16H,6-11H2,1-2H3,(H,24,27). The van der Waals surface area contributed by atoms with E-state index in [1.54, 1.807) is 0 Å². The number of carbonyl (C=O) groups excluding carboxylic acids is 1. The summed E-state index contributed by atoms with van der Waals surface area (Å²) < 4.78 is 1.86. The van der Waals surface area contributed by atoms with Crippen molar-refractivity contribution in [1.82, 2.24) is 9.78 Å². The quantitative estimate of drug-likeness (QED) is 0.701. The van der Waals surface area contributed by atoms with Gasteiger partial charge in [0.1, 0.15) is 0 Å². The van der Waals surface area contributed by atoms with Gasteiger partial charge in [0.2, 0.25) is 5.91 Å². The van der Waals surface area contributed by atoms with Gasteiger partial charge in [-0.05, 0) is 63.0 Å². The van der Waals surface area contributed by atoms with Crippen molar-refractivity contribution in [3.05, 3.63) is 45.2 Å². The molecule has 0 saturated heterocycles. The zero-order chi connectivity index (χ0) is 19.1. The maximum atomic E-state index is 12.6. The first-order valence-electron chi connectivity index (χ1n) is 9.69. The summed E-state index contributed by atoms with van der Waals surface area (Å²) in [6, 6.07) is 5.48. The Hall–Kier alpha value is -1.52. The van der Waals surface area contributed by atoms with Crippen LogP contribution in [0.15, 0.2) is 18.2 Å². The molecule has 1 heterocycles. The Bertz CT molecular complexity index is 856. The molecular weight excluding hydrogens is 381 g/mol. The third-order valence-electron chi connectivity index (χ3n) is 6.35. The largest absolute Gasteiger partial charge is 0.323 e. The first-order chi connectivity index (χ1) is 12.9. The molecule has 2 fully saturated rings. The second kappa shape index (κ2) is 7.48. The van der Waals surface area contributed by atoms with Crippen LogP contribution in [0.2, 0.25) is 10.0 Å². The zero-order valence-corrected chi connectivity index (χ0v) is 17.3. The van der Waals surface area contributed by atoms with E-state index in [1.165, 1.54) is 25.7 Å². The lowest BCUT2D eigenvalue weighted by Crippen LogP contribution is -2.20. The summed E-state index contributed by atoms with van der Waals surface area (Å²) in [5.74, 6) is 2.28. The van der Waals surface area contributed by atoms with E-state index in [0.29, 0.717) is 28.9 Å². The molecule has 2 saturated carbocycles. The second-order valence-electron chi connectivity index (χ2n) is 8.09. The number of amides is 1. The first kappa shape index (κ1) is 18.8. The number of benzene rings is 1. The number of aromatic nitrogens is 2. The van der Waals surface area contributed by atoms with E-state index in [0.717, 1.165) is 34.5 Å². The Morgan fingerprint density at radius 2 is 1.96 bits per heavy atom. The number of halogens is 2. The third kappa shape index (κ3) is 3.74. The highest BCUT2D eigenvalue weighted by molar-refractivity contribution is 6.35. The fraction of sp³-hybridized carbons (Fsp3) is 0.524. The van der Waals surface area contributed by atoms with Crippen molar-refractivity contribution in [3.63, 3.8) is 0 Å². The molecule has 1 N–H and O–H groups in total. The van der Waals surface area contributed by atoms with Crippen LogP contribution in [0, 0.1) is 31.6 Å². The van der Waals surface area contributed by atoms with Crippen molar-refractivity contribution in [2.45, 2.75) is 52.5 Å². The Morgan fingerprint density at radius 1 is 1.22 bits per heavy atom. The number of hydrogen-bond acceptors (Lipinski definition) is 2. The highest BCUT2D eigenvalue weighted by Crippen LogP contribution is 2.49. The predicted octanol–water partition coefficient (Wildman–Crippen LogP) is 5.62. The second-order valence-corrected chi connectivity index (χ2v) is 8.91. The zero-order valence-electron chi connectivity index (χ0n) is 15.8. The van der Waals surface area contributed by atoms with Crippen LogP contribution in [-0.4, -0.2) is 15.7 Å². The lowest BCUT2D eigenvalue weighted by atomic mass is 9.86. The number of rotatable bonds is 5. The van der Waals surface area contributed by atoms with Crippen molar-refractivity contribution in [2.24, 2.45) is 17.8 Å². The van der Waals surface area contributed by atoms with E-state index in [-0.39, 0.29) is 5.91 Å². The minimum atomic E-state index is 0.106. The van der Waals surface area contributed by atoms with Crippen LogP contribution in [0.1, 0.15) is 49.1 Å². The minimum Gasteiger partial charge on any atom is -0.323 e. The summed E-state index contributed by atoms with van der Waals surface area (Å²) >= 11 is 12.6. The summed E-state index contributed by atoms with van der Waals surface area (Å²) in [5, 5.41) is 8.95. The molecule has 2 aliphatic carbocycles. The number of anilines is 1. The number of fused-ring (bicyclic) bond motifs is 2. The molecule has 2 aromatic rings. The van der Waals surface area contributed by atoms with Gasteiger partial charge >= 0.3 is 0 Å². The SMILES string of the molecule is Cc1nn(Cc2c(Cl)cccc2Cl)c(C)c1NC(=O)CC1CC2CCC1C2. The highest BCUT2D eigenvalue weighted by Gasteiger charge is 2.40. The monoisotopic (exact) mass is 405 g/mol. The average Bonchev–Trinajstić information content (AvgIpc) is 3.30. The van der Waals surface area contributed by atoms with Gasteiger partial charge in [-0.15, -0.1) is 0 Å². The minimum absolute atomic E-state index is 0.106. The van der Waals surface area contributed by atoms with Crippen molar-refractivity contribution >= 4 is 34.8 Å². The van der Waals surface area contributed by atoms with E-state index in [4.69, 9.17) is 23.2 Å². The predicted molar refractivity (Wildman–Crippen MR) is 109 cm³/mol. The maximum Gasteiger partial charge on any atom is 0.224 e. The van der Waals surface area contributed by atoms with Crippen LogP contribution < -0.4 is 5.32 Å². The number of hydrogen-bond donors (Lipinski definition) is 1. The van der Waals surface area contributed by atoms with Gasteiger partial charge in [-0.3, -0.25) is 9.48 Å². The molecule has 4 nitrogen and oxygen atoms in total. The van der Waals surface area contributed by atoms with Crippen LogP contribution in [0.3, 0.4) is 0 Å². The Labute approximate surface area is 170 Å². The van der Waals surface area contributed by atoms with Crippen LogP contribution in [-0.2, 0) is 11.3 Å². The van der Waals surface area contributed by atoms with Crippen molar-refractivity contribution in [2.75, 3.05) is 5.32 Å². The molecule has 144 valence electrons. The molecule has 0 radical (unpaired) electrons. The highest BCUT2D eigenvalue weighted by atomic mass is 35.5. The van der Waals surface area contributed by atoms with Crippen LogP contribution in [0.25, 0.3) is 0 Å². The molecule has 2 bridgehead atoms. The fourth-order valence-electron chi connectivity index (χ4n) is 4.92. The average molecular weight is 406 g/mol. The Balaban J connectivity index is 1.47. The molecule has 1 aromatic carbocycles. The van der Waals surface area contributed by atoms with E-state index < -0.39 is 0 Å². The molecule has 27 heavy (non-hydrogen) atoms. The summed E-state index contributed by atoms with van der Waals surface area (Å²) in [6.45, 7) is 4.37. The molecule has 2 aliphatic rings. The number of nitrogens with zero attached hydrogens (tertiary/aromatic N) is 2. The van der Waals surface area contributed by atoms with E-state index in [2.05, 4.69) is 10.4 Å². The smallest absolute Gasteiger partial charge is 0.224 e. The molecule has 0 spiro atoms. The number of nitrogens with one attached hydrogen (secondary N) is 1. The summed E-state index contributed by atoms with van der Waals surface area (Å²) in [5.41, 5.74) is 3.39. The van der Waals surface area contributed by atoms with Crippen LogP contribution >= 0.6 is 23.2 Å². The topological polar surface area (TPSA) is 46.9 Å². The van der Waals surface area contributed by atoms with Gasteiger partial charge in [0.05, 0.1) is 23.6 Å². The van der Waals surface area contributed by atoms with E-state index in [1.807, 2.05) is 36.7 Å². The summed E-state index contributed by atoms with van der Waals surface area (Å²) in [7, 11) is 0. The van der Waals surface area contributed by atoms with Crippen LogP contribution in [0.5, 0.6) is 0 Å². The fourth-order valence-corrected chi connectivity index (χ4v) is 5.44. The molecule has 6 heteroatoms. The normalized spacial score (nSPS) is 23.8. The van der Waals surface area contributed by atoms with Crippen molar-refractivity contribution < 1.29 is 4.79 Å². The summed E-state index contributed by atoms with van der Waals surface area (Å²) in [4.78, 5) is 12.6. The molecule has 0 aliphatic heterocycles. The van der Waals surface area contributed by atoms with Gasteiger partial charge in [0, 0.05) is 22.0 Å². The molecule has 1 amide bonds. The summed E-state index contributed by atoms with van der Waals surface area (Å²) in [6.07, 6.45) is 5.84. The van der Waals surface area contributed by atoms with Crippen molar-refractivity contribution in [1.29, 1.82) is 0 Å². The van der Waals surface area contributed by atoms with E-state index >= 15 is 0 Å². The van der Waals surface area contributed by atoms with Crippen molar-refractivity contribution in [3.8, 4) is 0 Å². The van der Waals surface area contributed by atoms with Gasteiger partial charge in [0.25, 0.3) is 0 Å². The third-order valence-corrected chi connectivity index (χ3v) is 7.06. The van der Waals surface area contributed by atoms with Gasteiger partial charge in [0.15, 0.2) is 0 Å². The van der Waals surface area contributed by atoms with Gasteiger partial charge in [-0.25, -0.2) is 0 Å². The number of aryl methyl sites for hydroxylation is 1. The molecule has 3 unspecified atom stereocenters. The van der Waals surface area contributed by atoms with E-state index in [9.17, 15) is 4.79 Å². The molecule has 1 aromatic heterocycles. The Morgan fingerprint density at radius 3 is 2.59 bits per heavy atom. The lowest BCUT2D eigenvalue weighted by Gasteiger charge is -2.21. The molecule has 4 rings (SSSR count). The number of carbonyl (C=O) groups is 1. The van der Waals surface area contributed by atoms with Gasteiger partial charge < -0.3 is 5.32 Å². The lowest BCUT2D eigenvalue weighted by molar-refractivity contribution is -0.117. The maximum absolute atomic E-state index is 12.6. The van der Waals surface area contributed by atoms with Gasteiger partial charge in [-0.2, -0.15) is 5.10 Å².